The number of carbonyl (C=O) groups excluding carboxylic acids is 1. The highest BCUT2D eigenvalue weighted by molar-refractivity contribution is 9.10. The van der Waals surface area contributed by atoms with Crippen molar-refractivity contribution in [3.05, 3.63) is 34.3 Å². The van der Waals surface area contributed by atoms with Crippen LogP contribution < -0.4 is 0 Å². The Morgan fingerprint density at radius 2 is 2.00 bits per heavy atom. The van der Waals surface area contributed by atoms with Crippen LogP contribution >= 0.6 is 27.7 Å². The Morgan fingerprint density at radius 3 is 2.67 bits per heavy atom. The average Bonchev–Trinajstić information content (AvgIpc) is 2.64. The van der Waals surface area contributed by atoms with Crippen LogP contribution in [0.5, 0.6) is 0 Å². The molecule has 0 bridgehead atoms. The zero-order valence-corrected chi connectivity index (χ0v) is 13.0. The zero-order chi connectivity index (χ0) is 13.0. The molecule has 0 radical (unpaired) electrons. The molecule has 1 aromatic rings. The number of halogens is 1. The van der Waals surface area contributed by atoms with E-state index < -0.39 is 0 Å². The standard InChI is InChI=1S/C14H18BrNOS/c1-18-13-3-2-9-16(10-8-13)14(17)11-4-6-12(15)7-5-11/h4-7,13H,2-3,8-10H2,1H3. The first-order chi connectivity index (χ1) is 8.70. The van der Waals surface area contributed by atoms with Gasteiger partial charge < -0.3 is 4.90 Å². The van der Waals surface area contributed by atoms with Crippen LogP contribution in [0, 0.1) is 0 Å². The van der Waals surface area contributed by atoms with E-state index in [0.29, 0.717) is 5.25 Å². The lowest BCUT2D eigenvalue weighted by atomic mass is 10.2. The summed E-state index contributed by atoms with van der Waals surface area (Å²) in [6.45, 7) is 1.78. The smallest absolute Gasteiger partial charge is 0.253 e. The monoisotopic (exact) mass is 327 g/mol. The van der Waals surface area contributed by atoms with E-state index >= 15 is 0 Å². The highest BCUT2D eigenvalue weighted by Gasteiger charge is 2.20. The van der Waals surface area contributed by atoms with Gasteiger partial charge in [-0.25, -0.2) is 0 Å². The predicted molar refractivity (Wildman–Crippen MR) is 81.2 cm³/mol. The van der Waals surface area contributed by atoms with Crippen LogP contribution in [0.3, 0.4) is 0 Å². The van der Waals surface area contributed by atoms with E-state index in [0.717, 1.165) is 36.0 Å². The van der Waals surface area contributed by atoms with Crippen LogP contribution in [-0.2, 0) is 0 Å². The van der Waals surface area contributed by atoms with Gasteiger partial charge in [0.05, 0.1) is 0 Å². The van der Waals surface area contributed by atoms with Gasteiger partial charge in [0, 0.05) is 28.4 Å². The first-order valence-electron chi connectivity index (χ1n) is 6.28. The maximum absolute atomic E-state index is 12.4. The summed E-state index contributed by atoms with van der Waals surface area (Å²) in [6.07, 6.45) is 5.62. The average molecular weight is 328 g/mol. The maximum atomic E-state index is 12.4. The number of likely N-dealkylation sites (tertiary alicyclic amines) is 1. The molecule has 1 unspecified atom stereocenters. The number of thioether (sulfide) groups is 1. The van der Waals surface area contributed by atoms with Crippen LogP contribution in [0.1, 0.15) is 29.6 Å². The van der Waals surface area contributed by atoms with Gasteiger partial charge in [-0.1, -0.05) is 15.9 Å². The lowest BCUT2D eigenvalue weighted by molar-refractivity contribution is 0.0762. The Bertz CT molecular complexity index is 407. The molecule has 98 valence electrons. The van der Waals surface area contributed by atoms with Gasteiger partial charge in [-0.2, -0.15) is 11.8 Å². The van der Waals surface area contributed by atoms with Crippen LogP contribution in [0.4, 0.5) is 0 Å². The molecule has 0 aliphatic carbocycles. The van der Waals surface area contributed by atoms with Gasteiger partial charge in [0.25, 0.3) is 5.91 Å². The molecule has 0 saturated carbocycles. The second-order valence-electron chi connectivity index (χ2n) is 4.59. The molecule has 1 fully saturated rings. The van der Waals surface area contributed by atoms with Crippen molar-refractivity contribution >= 4 is 33.6 Å². The summed E-state index contributed by atoms with van der Waals surface area (Å²) in [6, 6.07) is 7.64. The van der Waals surface area contributed by atoms with Gasteiger partial charge in [-0.3, -0.25) is 4.79 Å². The van der Waals surface area contributed by atoms with E-state index in [1.54, 1.807) is 0 Å². The fourth-order valence-electron chi connectivity index (χ4n) is 2.28. The Hall–Kier alpha value is -0.480. The van der Waals surface area contributed by atoms with Crippen molar-refractivity contribution < 1.29 is 4.79 Å². The molecule has 1 aromatic carbocycles. The number of amides is 1. The fraction of sp³-hybridized carbons (Fsp3) is 0.500. The summed E-state index contributed by atoms with van der Waals surface area (Å²) >= 11 is 5.32. The van der Waals surface area contributed by atoms with Crippen molar-refractivity contribution in [1.29, 1.82) is 0 Å². The van der Waals surface area contributed by atoms with Gasteiger partial charge in [-0.15, -0.1) is 0 Å². The van der Waals surface area contributed by atoms with Crippen LogP contribution in [0.2, 0.25) is 0 Å². The Kier molecular flexibility index (Phi) is 5.13. The Morgan fingerprint density at radius 1 is 1.28 bits per heavy atom. The van der Waals surface area contributed by atoms with E-state index in [1.165, 1.54) is 6.42 Å². The second kappa shape index (κ2) is 6.62. The quantitative estimate of drug-likeness (QED) is 0.823. The first kappa shape index (κ1) is 13.9. The number of hydrogen-bond donors (Lipinski definition) is 0. The van der Waals surface area contributed by atoms with E-state index in [-0.39, 0.29) is 5.91 Å². The van der Waals surface area contributed by atoms with E-state index in [1.807, 2.05) is 40.9 Å². The molecule has 1 aliphatic rings. The van der Waals surface area contributed by atoms with Crippen LogP contribution in [-0.4, -0.2) is 35.4 Å². The summed E-state index contributed by atoms with van der Waals surface area (Å²) < 4.78 is 1.01. The highest BCUT2D eigenvalue weighted by Crippen LogP contribution is 2.22. The van der Waals surface area contributed by atoms with Gasteiger partial charge in [0.1, 0.15) is 0 Å². The third kappa shape index (κ3) is 3.51. The van der Waals surface area contributed by atoms with Crippen molar-refractivity contribution in [1.82, 2.24) is 4.90 Å². The largest absolute Gasteiger partial charge is 0.339 e. The lowest BCUT2D eigenvalue weighted by Crippen LogP contribution is -2.32. The summed E-state index contributed by atoms with van der Waals surface area (Å²) in [4.78, 5) is 14.4. The minimum atomic E-state index is 0.171. The van der Waals surface area contributed by atoms with E-state index in [9.17, 15) is 4.79 Å². The summed E-state index contributed by atoms with van der Waals surface area (Å²) in [5.41, 5.74) is 0.792. The van der Waals surface area contributed by atoms with Gasteiger partial charge in [0.15, 0.2) is 0 Å². The molecule has 2 rings (SSSR count). The maximum Gasteiger partial charge on any atom is 0.253 e. The normalized spacial score (nSPS) is 20.6. The molecule has 2 nitrogen and oxygen atoms in total. The SMILES string of the molecule is CSC1CCCN(C(=O)c2ccc(Br)cc2)CC1. The van der Waals surface area contributed by atoms with E-state index in [4.69, 9.17) is 0 Å². The molecule has 1 saturated heterocycles. The van der Waals surface area contributed by atoms with Crippen LogP contribution in [0.25, 0.3) is 0 Å². The molecular weight excluding hydrogens is 310 g/mol. The molecule has 1 aliphatic heterocycles. The minimum Gasteiger partial charge on any atom is -0.339 e. The summed E-state index contributed by atoms with van der Waals surface area (Å²) in [7, 11) is 0. The van der Waals surface area contributed by atoms with Gasteiger partial charge in [0.2, 0.25) is 0 Å². The third-order valence-electron chi connectivity index (χ3n) is 3.39. The summed E-state index contributed by atoms with van der Waals surface area (Å²) in [5.74, 6) is 0.171. The predicted octanol–water partition coefficient (Wildman–Crippen LogP) is 3.81. The molecule has 18 heavy (non-hydrogen) atoms. The van der Waals surface area contributed by atoms with Crippen molar-refractivity contribution in [2.45, 2.75) is 24.5 Å². The second-order valence-corrected chi connectivity index (χ2v) is 6.64. The van der Waals surface area contributed by atoms with Crippen LogP contribution in [0.15, 0.2) is 28.7 Å². The highest BCUT2D eigenvalue weighted by atomic mass is 79.9. The Balaban J connectivity index is 2.02. The summed E-state index contributed by atoms with van der Waals surface area (Å²) in [5, 5.41) is 0.715. The number of carbonyl (C=O) groups is 1. The molecule has 4 heteroatoms. The van der Waals surface area contributed by atoms with Gasteiger partial charge in [-0.05, 0) is 49.8 Å². The minimum absolute atomic E-state index is 0.171. The lowest BCUT2D eigenvalue weighted by Gasteiger charge is -2.20. The molecule has 1 amide bonds. The number of rotatable bonds is 2. The van der Waals surface area contributed by atoms with Gasteiger partial charge >= 0.3 is 0 Å². The number of nitrogens with zero attached hydrogens (tertiary/aromatic N) is 1. The van der Waals surface area contributed by atoms with Crippen molar-refractivity contribution in [2.24, 2.45) is 0 Å². The van der Waals surface area contributed by atoms with Crippen molar-refractivity contribution in [3.63, 3.8) is 0 Å². The molecule has 1 heterocycles. The zero-order valence-electron chi connectivity index (χ0n) is 10.6. The van der Waals surface area contributed by atoms with Crippen molar-refractivity contribution in [2.75, 3.05) is 19.3 Å². The number of hydrogen-bond acceptors (Lipinski definition) is 2. The topological polar surface area (TPSA) is 20.3 Å². The van der Waals surface area contributed by atoms with Crippen molar-refractivity contribution in [3.8, 4) is 0 Å². The molecular formula is C14H18BrNOS. The molecule has 0 spiro atoms. The number of benzene rings is 1. The molecule has 0 N–H and O–H groups in total. The van der Waals surface area contributed by atoms with E-state index in [2.05, 4.69) is 22.2 Å². The Labute approximate surface area is 121 Å². The molecule has 0 aromatic heterocycles. The molecule has 1 atom stereocenters. The fourth-order valence-corrected chi connectivity index (χ4v) is 3.29. The first-order valence-corrected chi connectivity index (χ1v) is 8.36. The third-order valence-corrected chi connectivity index (χ3v) is 5.05.